The normalized spacial score (nSPS) is 11.8. The highest BCUT2D eigenvalue weighted by Gasteiger charge is 2.22. The molecule has 0 aromatic heterocycles. The summed E-state index contributed by atoms with van der Waals surface area (Å²) < 4.78 is 0. The Morgan fingerprint density at radius 1 is 0.923 bits per heavy atom. The number of aryl methyl sites for hydroxylation is 1. The number of hydrogen-bond donors (Lipinski definition) is 2. The second-order valence-corrected chi connectivity index (χ2v) is 7.39. The van der Waals surface area contributed by atoms with Gasteiger partial charge in [-0.3, -0.25) is 4.79 Å². The summed E-state index contributed by atoms with van der Waals surface area (Å²) in [4.78, 5) is 14.1. The Balaban J connectivity index is 1.88. The molecule has 3 aromatic carbocycles. The van der Waals surface area contributed by atoms with Crippen molar-refractivity contribution in [1.29, 1.82) is 0 Å². The molecule has 3 N–H and O–H groups in total. The Hall–Kier alpha value is -2.72. The number of thioether (sulfide) groups is 1. The van der Waals surface area contributed by atoms with E-state index in [0.29, 0.717) is 5.69 Å². The molecule has 0 fully saturated rings. The quantitative estimate of drug-likeness (QED) is 0.475. The fourth-order valence-electron chi connectivity index (χ4n) is 2.67. The maximum Gasteiger partial charge on any atom is 0.242 e. The summed E-state index contributed by atoms with van der Waals surface area (Å²) in [6.07, 6.45) is 0. The van der Waals surface area contributed by atoms with Crippen LogP contribution in [0.5, 0.6) is 0 Å². The lowest BCUT2D eigenvalue weighted by atomic mass is 10.1. The number of carbonyl (C=O) groups is 1. The maximum atomic E-state index is 13.1. The molecule has 0 saturated carbocycles. The SMILES string of the molecule is Cc1cccc(NC(=O)C(Sc2ccc(N)cc2)c2ccccc2)c1C. The number of amides is 1. The van der Waals surface area contributed by atoms with Crippen LogP contribution in [0, 0.1) is 13.8 Å². The predicted molar refractivity (Wildman–Crippen MR) is 110 cm³/mol. The summed E-state index contributed by atoms with van der Waals surface area (Å²) in [5, 5.41) is 2.75. The second kappa shape index (κ2) is 8.11. The molecule has 0 saturated heterocycles. The predicted octanol–water partition coefficient (Wildman–Crippen LogP) is 5.36. The monoisotopic (exact) mass is 362 g/mol. The minimum Gasteiger partial charge on any atom is -0.399 e. The average molecular weight is 362 g/mol. The number of nitrogen functional groups attached to an aromatic ring is 1. The van der Waals surface area contributed by atoms with E-state index in [4.69, 9.17) is 5.73 Å². The van der Waals surface area contributed by atoms with E-state index in [1.807, 2.05) is 86.6 Å². The third-order valence-electron chi connectivity index (χ3n) is 4.34. The molecule has 1 atom stereocenters. The van der Waals surface area contributed by atoms with Crippen molar-refractivity contribution in [1.82, 2.24) is 0 Å². The molecule has 0 aliphatic heterocycles. The molecule has 26 heavy (non-hydrogen) atoms. The average Bonchev–Trinajstić information content (AvgIpc) is 2.65. The van der Waals surface area contributed by atoms with Gasteiger partial charge in [-0.05, 0) is 60.9 Å². The number of rotatable bonds is 5. The zero-order valence-corrected chi connectivity index (χ0v) is 15.7. The highest BCUT2D eigenvalue weighted by atomic mass is 32.2. The molecule has 0 aliphatic rings. The van der Waals surface area contributed by atoms with E-state index < -0.39 is 0 Å². The van der Waals surface area contributed by atoms with Crippen LogP contribution in [-0.2, 0) is 4.79 Å². The Morgan fingerprint density at radius 2 is 1.62 bits per heavy atom. The van der Waals surface area contributed by atoms with Crippen molar-refractivity contribution in [2.45, 2.75) is 24.0 Å². The first-order valence-corrected chi connectivity index (χ1v) is 9.37. The van der Waals surface area contributed by atoms with Crippen LogP contribution in [0.4, 0.5) is 11.4 Å². The van der Waals surface area contributed by atoms with Gasteiger partial charge in [0.25, 0.3) is 0 Å². The van der Waals surface area contributed by atoms with Gasteiger partial charge < -0.3 is 11.1 Å². The number of anilines is 2. The maximum absolute atomic E-state index is 13.1. The van der Waals surface area contributed by atoms with Gasteiger partial charge in [0.1, 0.15) is 5.25 Å². The van der Waals surface area contributed by atoms with Crippen molar-refractivity contribution >= 4 is 29.0 Å². The van der Waals surface area contributed by atoms with Crippen LogP contribution >= 0.6 is 11.8 Å². The van der Waals surface area contributed by atoms with Crippen LogP contribution in [0.15, 0.2) is 77.7 Å². The van der Waals surface area contributed by atoms with E-state index in [2.05, 4.69) is 5.32 Å². The lowest BCUT2D eigenvalue weighted by Crippen LogP contribution is -2.19. The van der Waals surface area contributed by atoms with Crippen molar-refractivity contribution in [2.75, 3.05) is 11.1 Å². The van der Waals surface area contributed by atoms with Crippen LogP contribution < -0.4 is 11.1 Å². The number of benzene rings is 3. The first-order valence-electron chi connectivity index (χ1n) is 8.49. The highest BCUT2D eigenvalue weighted by molar-refractivity contribution is 8.00. The van der Waals surface area contributed by atoms with Crippen molar-refractivity contribution in [3.8, 4) is 0 Å². The molecule has 1 amide bonds. The van der Waals surface area contributed by atoms with Crippen molar-refractivity contribution in [2.24, 2.45) is 0 Å². The van der Waals surface area contributed by atoms with Gasteiger partial charge in [0, 0.05) is 16.3 Å². The van der Waals surface area contributed by atoms with E-state index >= 15 is 0 Å². The third kappa shape index (κ3) is 4.27. The zero-order valence-electron chi connectivity index (χ0n) is 14.9. The van der Waals surface area contributed by atoms with Gasteiger partial charge >= 0.3 is 0 Å². The molecular formula is C22H22N2OS. The first-order chi connectivity index (χ1) is 12.5. The summed E-state index contributed by atoms with van der Waals surface area (Å²) in [7, 11) is 0. The van der Waals surface area contributed by atoms with Gasteiger partial charge in [0.15, 0.2) is 0 Å². The van der Waals surface area contributed by atoms with Gasteiger partial charge in [0.2, 0.25) is 5.91 Å². The summed E-state index contributed by atoms with van der Waals surface area (Å²) >= 11 is 1.52. The minimum atomic E-state index is -0.347. The van der Waals surface area contributed by atoms with E-state index in [9.17, 15) is 4.79 Å². The van der Waals surface area contributed by atoms with Gasteiger partial charge in [-0.15, -0.1) is 11.8 Å². The largest absolute Gasteiger partial charge is 0.399 e. The summed E-state index contributed by atoms with van der Waals surface area (Å²) in [5.74, 6) is -0.0354. The number of carbonyl (C=O) groups excluding carboxylic acids is 1. The Labute approximate surface area is 158 Å². The van der Waals surface area contributed by atoms with Gasteiger partial charge in [0.05, 0.1) is 0 Å². The molecule has 0 aliphatic carbocycles. The third-order valence-corrected chi connectivity index (χ3v) is 5.60. The molecule has 0 heterocycles. The Bertz CT molecular complexity index is 892. The molecule has 3 rings (SSSR count). The van der Waals surface area contributed by atoms with Crippen LogP contribution in [-0.4, -0.2) is 5.91 Å². The molecule has 0 bridgehead atoms. The van der Waals surface area contributed by atoms with E-state index in [0.717, 1.165) is 27.3 Å². The topological polar surface area (TPSA) is 55.1 Å². The lowest BCUT2D eigenvalue weighted by Gasteiger charge is -2.18. The van der Waals surface area contributed by atoms with Crippen LogP contribution in [0.2, 0.25) is 0 Å². The zero-order chi connectivity index (χ0) is 18.5. The molecule has 4 heteroatoms. The molecular weight excluding hydrogens is 340 g/mol. The lowest BCUT2D eigenvalue weighted by molar-refractivity contribution is -0.115. The van der Waals surface area contributed by atoms with E-state index in [1.54, 1.807) is 0 Å². The molecule has 0 radical (unpaired) electrons. The molecule has 132 valence electrons. The highest BCUT2D eigenvalue weighted by Crippen LogP contribution is 2.36. The molecule has 3 nitrogen and oxygen atoms in total. The number of nitrogens with one attached hydrogen (secondary N) is 1. The van der Waals surface area contributed by atoms with E-state index in [1.165, 1.54) is 11.8 Å². The van der Waals surface area contributed by atoms with Crippen molar-refractivity contribution in [3.63, 3.8) is 0 Å². The summed E-state index contributed by atoms with van der Waals surface area (Å²) in [5.41, 5.74) is 10.6. The fourth-order valence-corrected chi connectivity index (χ4v) is 3.69. The number of nitrogens with two attached hydrogens (primary N) is 1. The van der Waals surface area contributed by atoms with E-state index in [-0.39, 0.29) is 11.2 Å². The smallest absolute Gasteiger partial charge is 0.242 e. The standard InChI is InChI=1S/C22H22N2OS/c1-15-7-6-10-20(16(15)2)24-22(25)21(17-8-4-3-5-9-17)26-19-13-11-18(23)12-14-19/h3-14,21H,23H2,1-2H3,(H,24,25). The fraction of sp³-hybridized carbons (Fsp3) is 0.136. The molecule has 3 aromatic rings. The minimum absolute atomic E-state index is 0.0354. The van der Waals surface area contributed by atoms with Gasteiger partial charge in [-0.25, -0.2) is 0 Å². The molecule has 0 spiro atoms. The van der Waals surface area contributed by atoms with Crippen molar-refractivity contribution in [3.05, 3.63) is 89.5 Å². The van der Waals surface area contributed by atoms with Crippen molar-refractivity contribution < 1.29 is 4.79 Å². The van der Waals surface area contributed by atoms with Crippen LogP contribution in [0.25, 0.3) is 0 Å². The van der Waals surface area contributed by atoms with Gasteiger partial charge in [-0.2, -0.15) is 0 Å². The first kappa shape index (κ1) is 18.1. The van der Waals surface area contributed by atoms with Crippen LogP contribution in [0.3, 0.4) is 0 Å². The van der Waals surface area contributed by atoms with Gasteiger partial charge in [-0.1, -0.05) is 42.5 Å². The second-order valence-electron chi connectivity index (χ2n) is 6.21. The van der Waals surface area contributed by atoms with Crippen LogP contribution in [0.1, 0.15) is 21.9 Å². The molecule has 1 unspecified atom stereocenters. The summed E-state index contributed by atoms with van der Waals surface area (Å²) in [6.45, 7) is 4.07. The summed E-state index contributed by atoms with van der Waals surface area (Å²) in [6, 6.07) is 23.4. The number of hydrogen-bond acceptors (Lipinski definition) is 3. The Kier molecular flexibility index (Phi) is 5.64. The Morgan fingerprint density at radius 3 is 2.31 bits per heavy atom.